The van der Waals surface area contributed by atoms with Crippen molar-refractivity contribution in [1.82, 2.24) is 20.0 Å². The van der Waals surface area contributed by atoms with E-state index >= 15 is 0 Å². The molecule has 1 atom stereocenters. The molecule has 0 saturated carbocycles. The molecule has 0 aromatic carbocycles. The van der Waals surface area contributed by atoms with Gasteiger partial charge in [0.2, 0.25) is 0 Å². The second-order valence-electron chi connectivity index (χ2n) is 5.62. The van der Waals surface area contributed by atoms with Crippen molar-refractivity contribution in [2.75, 3.05) is 12.3 Å². The maximum absolute atomic E-state index is 12.9. The lowest BCUT2D eigenvalue weighted by molar-refractivity contribution is 0.0730. The second-order valence-corrected chi connectivity index (χ2v) is 5.62. The summed E-state index contributed by atoms with van der Waals surface area (Å²) >= 11 is 0. The Morgan fingerprint density at radius 1 is 1.36 bits per heavy atom. The number of carbonyl (C=O) groups is 1. The summed E-state index contributed by atoms with van der Waals surface area (Å²) < 4.78 is 5.11. The van der Waals surface area contributed by atoms with Crippen molar-refractivity contribution in [1.29, 1.82) is 0 Å². The minimum atomic E-state index is -0.0785. The largest absolute Gasteiger partial charge is 0.384 e. The number of likely N-dealkylation sites (tertiary alicyclic amines) is 1. The Morgan fingerprint density at radius 2 is 2.14 bits per heavy atom. The molecular formula is C15H19N5O2. The van der Waals surface area contributed by atoms with Gasteiger partial charge in [0.05, 0.1) is 17.4 Å². The van der Waals surface area contributed by atoms with Crippen LogP contribution in [0.4, 0.5) is 5.82 Å². The zero-order valence-corrected chi connectivity index (χ0v) is 13.0. The van der Waals surface area contributed by atoms with Crippen molar-refractivity contribution in [2.45, 2.75) is 39.7 Å². The average Bonchev–Trinajstić information content (AvgIpc) is 3.04. The van der Waals surface area contributed by atoms with Gasteiger partial charge in [0.25, 0.3) is 5.91 Å². The number of amides is 1. The number of nitrogens with zero attached hydrogens (tertiary/aromatic N) is 4. The number of carbonyl (C=O) groups excluding carboxylic acids is 1. The molecule has 0 unspecified atom stereocenters. The maximum atomic E-state index is 12.9. The molecule has 3 heterocycles. The number of anilines is 1. The fraction of sp³-hybridized carbons (Fsp3) is 0.467. The summed E-state index contributed by atoms with van der Waals surface area (Å²) in [5.41, 5.74) is 7.77. The third kappa shape index (κ3) is 2.43. The Hall–Kier alpha value is -2.44. The van der Waals surface area contributed by atoms with Gasteiger partial charge in [0.15, 0.2) is 0 Å². The van der Waals surface area contributed by atoms with E-state index in [4.69, 9.17) is 10.3 Å². The van der Waals surface area contributed by atoms with Crippen LogP contribution in [0, 0.1) is 20.8 Å². The predicted octanol–water partition coefficient (Wildman–Crippen LogP) is 1.95. The number of hydrogen-bond donors (Lipinski definition) is 1. The second kappa shape index (κ2) is 5.40. The predicted molar refractivity (Wildman–Crippen MR) is 80.2 cm³/mol. The molecule has 22 heavy (non-hydrogen) atoms. The highest BCUT2D eigenvalue weighted by Crippen LogP contribution is 2.33. The zero-order chi connectivity index (χ0) is 15.9. The van der Waals surface area contributed by atoms with Crippen molar-refractivity contribution in [3.8, 4) is 0 Å². The first-order chi connectivity index (χ1) is 10.5. The van der Waals surface area contributed by atoms with Gasteiger partial charge in [-0.3, -0.25) is 4.79 Å². The first-order valence-electron chi connectivity index (χ1n) is 7.32. The van der Waals surface area contributed by atoms with Gasteiger partial charge in [0.1, 0.15) is 23.0 Å². The monoisotopic (exact) mass is 301 g/mol. The minimum Gasteiger partial charge on any atom is -0.384 e. The Balaban J connectivity index is 1.95. The number of aryl methyl sites for hydroxylation is 3. The third-order valence-corrected chi connectivity index (χ3v) is 3.98. The van der Waals surface area contributed by atoms with Gasteiger partial charge in [-0.1, -0.05) is 5.16 Å². The summed E-state index contributed by atoms with van der Waals surface area (Å²) in [6.45, 7) is 6.03. The molecule has 2 aromatic heterocycles. The van der Waals surface area contributed by atoms with Gasteiger partial charge in [-0.05, 0) is 33.6 Å². The molecule has 3 rings (SSSR count). The molecule has 7 nitrogen and oxygen atoms in total. The van der Waals surface area contributed by atoms with E-state index in [1.165, 1.54) is 0 Å². The highest BCUT2D eigenvalue weighted by atomic mass is 16.5. The molecule has 0 spiro atoms. The fourth-order valence-electron chi connectivity index (χ4n) is 3.03. The average molecular weight is 301 g/mol. The van der Waals surface area contributed by atoms with E-state index in [1.54, 1.807) is 26.8 Å². The van der Waals surface area contributed by atoms with Crippen LogP contribution in [0.25, 0.3) is 0 Å². The van der Waals surface area contributed by atoms with Crippen molar-refractivity contribution in [3.63, 3.8) is 0 Å². The lowest BCUT2D eigenvalue weighted by Crippen LogP contribution is -2.31. The molecule has 7 heteroatoms. The van der Waals surface area contributed by atoms with Crippen molar-refractivity contribution in [3.05, 3.63) is 34.6 Å². The summed E-state index contributed by atoms with van der Waals surface area (Å²) in [7, 11) is 0. The van der Waals surface area contributed by atoms with E-state index in [0.717, 1.165) is 18.5 Å². The van der Waals surface area contributed by atoms with Crippen molar-refractivity contribution in [2.24, 2.45) is 0 Å². The molecule has 1 aliphatic heterocycles. The standard InChI is InChI=1S/C15H19N5O2/c1-8-14(9(2)22-19-8)15(21)20-6-4-5-12(20)11-7-13(16)18-10(3)17-11/h7,12H,4-6H2,1-3H3,(H2,16,17,18)/t12-/m0/s1. The van der Waals surface area contributed by atoms with Crippen LogP contribution < -0.4 is 5.73 Å². The van der Waals surface area contributed by atoms with E-state index in [1.807, 2.05) is 4.90 Å². The van der Waals surface area contributed by atoms with E-state index in [9.17, 15) is 4.79 Å². The number of hydrogen-bond acceptors (Lipinski definition) is 6. The van der Waals surface area contributed by atoms with Crippen LogP contribution in [0.5, 0.6) is 0 Å². The van der Waals surface area contributed by atoms with E-state index in [2.05, 4.69) is 15.1 Å². The number of nitrogen functional groups attached to an aromatic ring is 1. The van der Waals surface area contributed by atoms with Gasteiger partial charge < -0.3 is 15.2 Å². The fourth-order valence-corrected chi connectivity index (χ4v) is 3.03. The Labute approximate surface area is 128 Å². The summed E-state index contributed by atoms with van der Waals surface area (Å²) in [6.07, 6.45) is 1.80. The highest BCUT2D eigenvalue weighted by Gasteiger charge is 2.34. The molecule has 1 fully saturated rings. The first-order valence-corrected chi connectivity index (χ1v) is 7.32. The molecule has 1 aliphatic rings. The minimum absolute atomic E-state index is 0.0615. The molecule has 1 amide bonds. The van der Waals surface area contributed by atoms with Crippen LogP contribution in [0.1, 0.15) is 52.2 Å². The van der Waals surface area contributed by atoms with Gasteiger partial charge in [-0.15, -0.1) is 0 Å². The van der Waals surface area contributed by atoms with Gasteiger partial charge >= 0.3 is 0 Å². The molecule has 0 aliphatic carbocycles. The third-order valence-electron chi connectivity index (χ3n) is 3.98. The highest BCUT2D eigenvalue weighted by molar-refractivity contribution is 5.96. The summed E-state index contributed by atoms with van der Waals surface area (Å²) in [4.78, 5) is 23.2. The summed E-state index contributed by atoms with van der Waals surface area (Å²) in [6, 6.07) is 1.67. The van der Waals surface area contributed by atoms with E-state index in [0.29, 0.717) is 35.2 Å². The molecule has 2 aromatic rings. The molecule has 2 N–H and O–H groups in total. The lowest BCUT2D eigenvalue weighted by Gasteiger charge is -2.24. The SMILES string of the molecule is Cc1nc(N)cc([C@@H]2CCCN2C(=O)c2c(C)noc2C)n1. The van der Waals surface area contributed by atoms with Crippen LogP contribution in [0.3, 0.4) is 0 Å². The van der Waals surface area contributed by atoms with E-state index < -0.39 is 0 Å². The lowest BCUT2D eigenvalue weighted by atomic mass is 10.1. The van der Waals surface area contributed by atoms with Crippen LogP contribution in [-0.4, -0.2) is 32.5 Å². The maximum Gasteiger partial charge on any atom is 0.259 e. The van der Waals surface area contributed by atoms with Gasteiger partial charge in [0, 0.05) is 12.6 Å². The number of rotatable bonds is 2. The van der Waals surface area contributed by atoms with Crippen LogP contribution >= 0.6 is 0 Å². The topological polar surface area (TPSA) is 98.1 Å². The molecule has 116 valence electrons. The van der Waals surface area contributed by atoms with E-state index in [-0.39, 0.29) is 11.9 Å². The first kappa shape index (κ1) is 14.5. The van der Waals surface area contributed by atoms with Crippen molar-refractivity contribution < 1.29 is 9.32 Å². The Kier molecular flexibility index (Phi) is 3.56. The summed E-state index contributed by atoms with van der Waals surface area (Å²) in [5, 5.41) is 3.87. The van der Waals surface area contributed by atoms with Crippen LogP contribution in [-0.2, 0) is 0 Å². The quantitative estimate of drug-likeness (QED) is 0.910. The van der Waals surface area contributed by atoms with Gasteiger partial charge in [-0.2, -0.15) is 0 Å². The van der Waals surface area contributed by atoms with Crippen molar-refractivity contribution >= 4 is 11.7 Å². The number of nitrogens with two attached hydrogens (primary N) is 1. The zero-order valence-electron chi connectivity index (χ0n) is 13.0. The molecular weight excluding hydrogens is 282 g/mol. The molecule has 1 saturated heterocycles. The Bertz CT molecular complexity index is 685. The summed E-state index contributed by atoms with van der Waals surface area (Å²) in [5.74, 6) is 1.53. The van der Waals surface area contributed by atoms with Gasteiger partial charge in [-0.25, -0.2) is 9.97 Å². The smallest absolute Gasteiger partial charge is 0.259 e. The number of aromatic nitrogens is 3. The van der Waals surface area contributed by atoms with Crippen LogP contribution in [0.2, 0.25) is 0 Å². The Morgan fingerprint density at radius 3 is 2.77 bits per heavy atom. The van der Waals surface area contributed by atoms with Crippen LogP contribution in [0.15, 0.2) is 10.6 Å². The normalized spacial score (nSPS) is 18.0. The molecule has 0 bridgehead atoms. The molecule has 0 radical (unpaired) electrons.